The van der Waals surface area contributed by atoms with E-state index in [4.69, 9.17) is 10.8 Å². The average Bonchev–Trinajstić information content (AvgIpc) is 2.31. The Balaban J connectivity index is 4.13. The molecule has 0 fully saturated rings. The largest absolute Gasteiger partial charge is 0.480 e. The quantitative estimate of drug-likeness (QED) is 0.469. The molecule has 0 aromatic heterocycles. The molecule has 108 valence electrons. The molecule has 2 amide bonds. The second kappa shape index (κ2) is 8.90. The van der Waals surface area contributed by atoms with Crippen molar-refractivity contribution in [3.8, 4) is 0 Å². The van der Waals surface area contributed by atoms with Crippen molar-refractivity contribution >= 4 is 23.8 Å². The Kier molecular flexibility index (Phi) is 7.90. The van der Waals surface area contributed by atoms with Gasteiger partial charge in [0.05, 0.1) is 13.0 Å². The van der Waals surface area contributed by atoms with Gasteiger partial charge in [-0.1, -0.05) is 0 Å². The zero-order chi connectivity index (χ0) is 14.8. The van der Waals surface area contributed by atoms with Crippen molar-refractivity contribution in [2.45, 2.75) is 38.6 Å². The van der Waals surface area contributed by atoms with E-state index in [1.807, 2.05) is 0 Å². The van der Waals surface area contributed by atoms with Gasteiger partial charge < -0.3 is 20.9 Å². The average molecular weight is 274 g/mol. The molecule has 0 aromatic rings. The molecule has 0 radical (unpaired) electrons. The van der Waals surface area contributed by atoms with Crippen LogP contribution in [0.25, 0.3) is 0 Å². The Morgan fingerprint density at radius 3 is 2.32 bits per heavy atom. The Morgan fingerprint density at radius 1 is 1.21 bits per heavy atom. The van der Waals surface area contributed by atoms with Crippen LogP contribution in [0.1, 0.15) is 32.6 Å². The molecule has 0 saturated carbocycles. The topological polar surface area (TPSA) is 136 Å². The maximum Gasteiger partial charge on any atom is 0.326 e. The van der Waals surface area contributed by atoms with E-state index < -0.39 is 29.8 Å². The van der Waals surface area contributed by atoms with E-state index in [9.17, 15) is 19.2 Å². The summed E-state index contributed by atoms with van der Waals surface area (Å²) in [5.41, 5.74) is 4.90. The highest BCUT2D eigenvalue weighted by Crippen LogP contribution is 2.00. The summed E-state index contributed by atoms with van der Waals surface area (Å²) in [7, 11) is 0. The van der Waals surface area contributed by atoms with Crippen LogP contribution >= 0.6 is 0 Å². The summed E-state index contributed by atoms with van der Waals surface area (Å²) in [6, 6.07) is -1.19. The van der Waals surface area contributed by atoms with Crippen LogP contribution in [0.2, 0.25) is 0 Å². The molecule has 8 nitrogen and oxygen atoms in total. The number of aliphatic carboxylic acids is 1. The fraction of sp³-hybridized carbons (Fsp3) is 0.636. The van der Waals surface area contributed by atoms with Crippen LogP contribution in [0.5, 0.6) is 0 Å². The fourth-order valence-electron chi connectivity index (χ4n) is 1.26. The van der Waals surface area contributed by atoms with Gasteiger partial charge in [0.15, 0.2) is 0 Å². The van der Waals surface area contributed by atoms with Crippen molar-refractivity contribution < 1.29 is 29.0 Å². The van der Waals surface area contributed by atoms with Crippen LogP contribution in [-0.2, 0) is 23.9 Å². The minimum atomic E-state index is -1.26. The van der Waals surface area contributed by atoms with Crippen molar-refractivity contribution in [1.82, 2.24) is 5.32 Å². The first-order valence-corrected chi connectivity index (χ1v) is 5.82. The molecule has 1 unspecified atom stereocenters. The molecular weight excluding hydrogens is 256 g/mol. The lowest BCUT2D eigenvalue weighted by Crippen LogP contribution is -2.41. The predicted molar refractivity (Wildman–Crippen MR) is 63.9 cm³/mol. The number of carbonyl (C=O) groups excluding carboxylic acids is 3. The maximum atomic E-state index is 11.4. The van der Waals surface area contributed by atoms with Gasteiger partial charge in [0.2, 0.25) is 11.8 Å². The lowest BCUT2D eigenvalue weighted by Gasteiger charge is -2.13. The van der Waals surface area contributed by atoms with Crippen molar-refractivity contribution in [2.24, 2.45) is 5.73 Å². The first-order valence-electron chi connectivity index (χ1n) is 5.82. The number of carboxylic acid groups (broad SMARTS) is 1. The van der Waals surface area contributed by atoms with E-state index >= 15 is 0 Å². The third kappa shape index (κ3) is 8.58. The summed E-state index contributed by atoms with van der Waals surface area (Å²) in [5.74, 6) is -3.02. The number of esters is 1. The second-order valence-electron chi connectivity index (χ2n) is 3.77. The Hall–Kier alpha value is -2.12. The molecule has 8 heteroatoms. The first kappa shape index (κ1) is 16.9. The third-order valence-electron chi connectivity index (χ3n) is 2.17. The first-order chi connectivity index (χ1) is 8.86. The number of rotatable bonds is 9. The zero-order valence-electron chi connectivity index (χ0n) is 10.7. The molecule has 0 rings (SSSR count). The number of hydrogen-bond acceptors (Lipinski definition) is 5. The van der Waals surface area contributed by atoms with Gasteiger partial charge in [-0.05, 0) is 13.3 Å². The van der Waals surface area contributed by atoms with Crippen LogP contribution in [0.3, 0.4) is 0 Å². The molecule has 1 atom stereocenters. The number of amides is 2. The van der Waals surface area contributed by atoms with Crippen molar-refractivity contribution in [1.29, 1.82) is 0 Å². The van der Waals surface area contributed by atoms with E-state index in [1.54, 1.807) is 6.92 Å². The summed E-state index contributed by atoms with van der Waals surface area (Å²) >= 11 is 0. The van der Waals surface area contributed by atoms with Crippen molar-refractivity contribution in [3.63, 3.8) is 0 Å². The SMILES string of the molecule is CCOC(=O)CCC(=O)NC(CCC(N)=O)C(=O)O. The summed E-state index contributed by atoms with van der Waals surface area (Å²) in [5, 5.41) is 11.1. The molecule has 0 aromatic carbocycles. The normalized spacial score (nSPS) is 11.4. The van der Waals surface area contributed by atoms with Gasteiger partial charge in [-0.15, -0.1) is 0 Å². The number of ether oxygens (including phenoxy) is 1. The Bertz CT molecular complexity index is 355. The fourth-order valence-corrected chi connectivity index (χ4v) is 1.26. The van der Waals surface area contributed by atoms with E-state index in [2.05, 4.69) is 10.1 Å². The standard InChI is InChI=1S/C11H18N2O6/c1-2-19-10(16)6-5-9(15)13-7(11(17)18)3-4-8(12)14/h7H,2-6H2,1H3,(H2,12,14)(H,13,15)(H,17,18). The van der Waals surface area contributed by atoms with Gasteiger partial charge in [-0.3, -0.25) is 14.4 Å². The van der Waals surface area contributed by atoms with Crippen LogP contribution in [0, 0.1) is 0 Å². The molecule has 0 aliphatic heterocycles. The van der Waals surface area contributed by atoms with Gasteiger partial charge in [-0.25, -0.2) is 4.79 Å². The number of carbonyl (C=O) groups is 4. The van der Waals surface area contributed by atoms with Gasteiger partial charge >= 0.3 is 11.9 Å². The number of nitrogens with one attached hydrogen (secondary N) is 1. The van der Waals surface area contributed by atoms with Crippen LogP contribution in [-0.4, -0.2) is 41.5 Å². The summed E-state index contributed by atoms with van der Waals surface area (Å²) in [6.45, 7) is 1.86. The number of nitrogens with two attached hydrogens (primary N) is 1. The minimum Gasteiger partial charge on any atom is -0.480 e. The van der Waals surface area contributed by atoms with E-state index in [-0.39, 0.29) is 32.3 Å². The molecule has 19 heavy (non-hydrogen) atoms. The number of hydrogen-bond donors (Lipinski definition) is 3. The van der Waals surface area contributed by atoms with E-state index in [1.165, 1.54) is 0 Å². The molecule has 0 spiro atoms. The Morgan fingerprint density at radius 2 is 1.84 bits per heavy atom. The highest BCUT2D eigenvalue weighted by atomic mass is 16.5. The maximum absolute atomic E-state index is 11.4. The summed E-state index contributed by atoms with van der Waals surface area (Å²) in [4.78, 5) is 43.8. The molecule has 0 aliphatic rings. The molecule has 0 aliphatic carbocycles. The van der Waals surface area contributed by atoms with E-state index in [0.717, 1.165) is 0 Å². The van der Waals surface area contributed by atoms with Crippen LogP contribution in [0.4, 0.5) is 0 Å². The van der Waals surface area contributed by atoms with Crippen LogP contribution in [0.15, 0.2) is 0 Å². The Labute approximate surface area is 110 Å². The summed E-state index contributed by atoms with van der Waals surface area (Å²) in [6.07, 6.45) is -0.522. The molecular formula is C11H18N2O6. The molecule has 4 N–H and O–H groups in total. The van der Waals surface area contributed by atoms with Crippen molar-refractivity contribution in [2.75, 3.05) is 6.61 Å². The highest BCUT2D eigenvalue weighted by Gasteiger charge is 2.20. The highest BCUT2D eigenvalue weighted by molar-refractivity contribution is 5.86. The number of carboxylic acids is 1. The lowest BCUT2D eigenvalue weighted by molar-refractivity contribution is -0.145. The molecule has 0 bridgehead atoms. The van der Waals surface area contributed by atoms with Gasteiger partial charge in [-0.2, -0.15) is 0 Å². The zero-order valence-corrected chi connectivity index (χ0v) is 10.7. The number of primary amides is 1. The van der Waals surface area contributed by atoms with E-state index in [0.29, 0.717) is 0 Å². The predicted octanol–water partition coefficient (Wildman–Crippen LogP) is -0.835. The monoisotopic (exact) mass is 274 g/mol. The molecule has 0 saturated heterocycles. The lowest BCUT2D eigenvalue weighted by atomic mass is 10.1. The molecule has 0 heterocycles. The van der Waals surface area contributed by atoms with Gasteiger partial charge in [0.25, 0.3) is 0 Å². The third-order valence-corrected chi connectivity index (χ3v) is 2.17. The smallest absolute Gasteiger partial charge is 0.326 e. The van der Waals surface area contributed by atoms with Crippen LogP contribution < -0.4 is 11.1 Å². The minimum absolute atomic E-state index is 0.0875. The van der Waals surface area contributed by atoms with Gasteiger partial charge in [0, 0.05) is 12.8 Å². The van der Waals surface area contributed by atoms with Gasteiger partial charge in [0.1, 0.15) is 6.04 Å². The second-order valence-corrected chi connectivity index (χ2v) is 3.77. The van der Waals surface area contributed by atoms with Crippen molar-refractivity contribution in [3.05, 3.63) is 0 Å². The summed E-state index contributed by atoms with van der Waals surface area (Å²) < 4.78 is 4.63.